The Bertz CT molecular complexity index is 1120. The number of ether oxygens (including phenoxy) is 2. The van der Waals surface area contributed by atoms with E-state index < -0.39 is 6.03 Å². The number of amides is 3. The Morgan fingerprint density at radius 2 is 2.00 bits per heavy atom. The third-order valence-electron chi connectivity index (χ3n) is 4.69. The molecule has 0 fully saturated rings. The van der Waals surface area contributed by atoms with Crippen molar-refractivity contribution in [2.45, 2.75) is 13.5 Å². The Balaban J connectivity index is 1.44. The number of fused-ring (bicyclic) bond motifs is 1. The fourth-order valence-corrected chi connectivity index (χ4v) is 3.15. The van der Waals surface area contributed by atoms with Crippen LogP contribution in [0.2, 0.25) is 0 Å². The van der Waals surface area contributed by atoms with Crippen molar-refractivity contribution in [1.29, 1.82) is 0 Å². The molecule has 0 unspecified atom stereocenters. The first-order valence-electron chi connectivity index (χ1n) is 9.58. The average molecular weight is 419 g/mol. The van der Waals surface area contributed by atoms with Crippen LogP contribution in [0.1, 0.15) is 21.6 Å². The molecule has 0 spiro atoms. The molecule has 1 aromatic heterocycles. The quantitative estimate of drug-likeness (QED) is 0.656. The lowest BCUT2D eigenvalue weighted by atomic mass is 10.1. The van der Waals surface area contributed by atoms with E-state index in [9.17, 15) is 9.59 Å². The molecule has 2 aromatic carbocycles. The van der Waals surface area contributed by atoms with E-state index in [2.05, 4.69) is 20.6 Å². The summed E-state index contributed by atoms with van der Waals surface area (Å²) in [6.07, 6.45) is 3.04. The van der Waals surface area contributed by atoms with E-state index in [-0.39, 0.29) is 12.6 Å². The van der Waals surface area contributed by atoms with Gasteiger partial charge in [0.15, 0.2) is 12.5 Å². The zero-order valence-corrected chi connectivity index (χ0v) is 17.1. The normalized spacial score (nSPS) is 12.6. The number of benzene rings is 2. The van der Waals surface area contributed by atoms with E-state index in [1.54, 1.807) is 41.4 Å². The summed E-state index contributed by atoms with van der Waals surface area (Å²) in [6.45, 7) is 2.32. The predicted octanol–water partition coefficient (Wildman–Crippen LogP) is 3.43. The number of hydrogen-bond donors (Lipinski definition) is 2. The van der Waals surface area contributed by atoms with Gasteiger partial charge >= 0.3 is 6.03 Å². The molecule has 9 nitrogen and oxygen atoms in total. The highest BCUT2D eigenvalue weighted by Crippen LogP contribution is 2.29. The van der Waals surface area contributed by atoms with Crippen molar-refractivity contribution >= 4 is 23.4 Å². The molecule has 9 heteroatoms. The van der Waals surface area contributed by atoms with Crippen LogP contribution in [-0.4, -0.2) is 40.6 Å². The summed E-state index contributed by atoms with van der Waals surface area (Å²) >= 11 is 0. The Labute approximate surface area is 179 Å². The first kappa shape index (κ1) is 20.1. The van der Waals surface area contributed by atoms with Gasteiger partial charge in [0.25, 0.3) is 5.91 Å². The molecule has 31 heavy (non-hydrogen) atoms. The van der Waals surface area contributed by atoms with E-state index in [1.165, 1.54) is 13.3 Å². The Hall–Kier alpha value is -4.14. The van der Waals surface area contributed by atoms with Gasteiger partial charge in [-0.1, -0.05) is 18.2 Å². The fraction of sp³-hybridized carbons (Fsp3) is 0.182. The highest BCUT2D eigenvalue weighted by molar-refractivity contribution is 6.00. The maximum Gasteiger partial charge on any atom is 0.324 e. The number of aryl methyl sites for hydroxylation is 1. The van der Waals surface area contributed by atoms with Crippen LogP contribution in [0.4, 0.5) is 16.3 Å². The molecular weight excluding hydrogens is 398 g/mol. The molecule has 3 aromatic rings. The number of nitrogens with zero attached hydrogens (tertiary/aromatic N) is 3. The van der Waals surface area contributed by atoms with Crippen LogP contribution in [0.15, 0.2) is 54.9 Å². The standard InChI is InChI=1S/C22H21N5O4/c1-14-10-24-20(11-23-14)26-22(29)25-17-8-7-15(9-19(17)30-2)12-27-13-31-18-6-4-3-5-16(18)21(27)28/h3-11H,12-13H2,1-2H3,(H2,24,25,26,29). The summed E-state index contributed by atoms with van der Waals surface area (Å²) in [5.41, 5.74) is 2.61. The molecule has 0 aliphatic carbocycles. The maximum absolute atomic E-state index is 12.7. The third kappa shape index (κ3) is 4.55. The fourth-order valence-electron chi connectivity index (χ4n) is 3.15. The smallest absolute Gasteiger partial charge is 0.324 e. The van der Waals surface area contributed by atoms with Gasteiger partial charge in [0.1, 0.15) is 11.5 Å². The molecule has 0 saturated carbocycles. The largest absolute Gasteiger partial charge is 0.495 e. The number of carbonyl (C=O) groups excluding carboxylic acids is 2. The van der Waals surface area contributed by atoms with Crippen LogP contribution in [0.5, 0.6) is 11.5 Å². The van der Waals surface area contributed by atoms with E-state index >= 15 is 0 Å². The van der Waals surface area contributed by atoms with Crippen molar-refractivity contribution in [3.63, 3.8) is 0 Å². The van der Waals surface area contributed by atoms with Crippen LogP contribution in [-0.2, 0) is 6.54 Å². The number of para-hydroxylation sites is 1. The van der Waals surface area contributed by atoms with Crippen LogP contribution in [0, 0.1) is 6.92 Å². The average Bonchev–Trinajstić information content (AvgIpc) is 2.78. The molecule has 0 saturated heterocycles. The minimum absolute atomic E-state index is 0.0957. The second-order valence-corrected chi connectivity index (χ2v) is 6.93. The topological polar surface area (TPSA) is 106 Å². The SMILES string of the molecule is COc1cc(CN2COc3ccccc3C2=O)ccc1NC(=O)Nc1cnc(C)cn1. The molecule has 4 rings (SSSR count). The molecule has 2 N–H and O–H groups in total. The number of nitrogens with one attached hydrogen (secondary N) is 2. The Morgan fingerprint density at radius 1 is 1.16 bits per heavy atom. The van der Waals surface area contributed by atoms with Gasteiger partial charge in [-0.25, -0.2) is 9.78 Å². The van der Waals surface area contributed by atoms with Crippen LogP contribution >= 0.6 is 0 Å². The molecule has 158 valence electrons. The highest BCUT2D eigenvalue weighted by atomic mass is 16.5. The summed E-state index contributed by atoms with van der Waals surface area (Å²) in [6, 6.07) is 12.0. The van der Waals surface area contributed by atoms with Gasteiger partial charge in [-0.3, -0.25) is 15.1 Å². The highest BCUT2D eigenvalue weighted by Gasteiger charge is 2.25. The van der Waals surface area contributed by atoms with E-state index in [0.717, 1.165) is 11.3 Å². The van der Waals surface area contributed by atoms with Crippen LogP contribution < -0.4 is 20.1 Å². The second kappa shape index (κ2) is 8.70. The summed E-state index contributed by atoms with van der Waals surface area (Å²) in [4.78, 5) is 34.8. The molecule has 2 heterocycles. The molecule has 0 radical (unpaired) electrons. The molecule has 0 bridgehead atoms. The third-order valence-corrected chi connectivity index (χ3v) is 4.69. The van der Waals surface area contributed by atoms with Gasteiger partial charge < -0.3 is 19.7 Å². The van der Waals surface area contributed by atoms with Crippen molar-refractivity contribution in [3.8, 4) is 11.5 Å². The van der Waals surface area contributed by atoms with Gasteiger partial charge in [0, 0.05) is 6.54 Å². The molecule has 0 atom stereocenters. The van der Waals surface area contributed by atoms with Crippen molar-refractivity contribution in [3.05, 3.63) is 71.7 Å². The molecule has 3 amide bonds. The summed E-state index contributed by atoms with van der Waals surface area (Å²) in [5.74, 6) is 1.29. The molecular formula is C22H21N5O4. The summed E-state index contributed by atoms with van der Waals surface area (Å²) in [5, 5.41) is 5.34. The van der Waals surface area contributed by atoms with Crippen molar-refractivity contribution in [2.75, 3.05) is 24.5 Å². The second-order valence-electron chi connectivity index (χ2n) is 6.93. The first-order valence-corrected chi connectivity index (χ1v) is 9.58. The van der Waals surface area contributed by atoms with Gasteiger partial charge in [0.05, 0.1) is 36.4 Å². The van der Waals surface area contributed by atoms with Gasteiger partial charge in [-0.05, 0) is 36.8 Å². The molecule has 1 aliphatic rings. The number of anilines is 2. The number of carbonyl (C=O) groups is 2. The zero-order valence-electron chi connectivity index (χ0n) is 17.1. The van der Waals surface area contributed by atoms with E-state index in [1.807, 2.05) is 19.1 Å². The zero-order chi connectivity index (χ0) is 21.8. The monoisotopic (exact) mass is 419 g/mol. The lowest BCUT2D eigenvalue weighted by Crippen LogP contribution is -2.38. The van der Waals surface area contributed by atoms with Crippen molar-refractivity contribution < 1.29 is 19.1 Å². The van der Waals surface area contributed by atoms with Crippen LogP contribution in [0.3, 0.4) is 0 Å². The minimum Gasteiger partial charge on any atom is -0.495 e. The molecule has 1 aliphatic heterocycles. The number of aromatic nitrogens is 2. The minimum atomic E-state index is -0.472. The number of hydrogen-bond acceptors (Lipinski definition) is 6. The van der Waals surface area contributed by atoms with Crippen LogP contribution in [0.25, 0.3) is 0 Å². The van der Waals surface area contributed by atoms with Gasteiger partial charge in [-0.15, -0.1) is 0 Å². The maximum atomic E-state index is 12.7. The first-order chi connectivity index (χ1) is 15.0. The lowest BCUT2D eigenvalue weighted by molar-refractivity contribution is 0.0498. The van der Waals surface area contributed by atoms with E-state index in [4.69, 9.17) is 9.47 Å². The predicted molar refractivity (Wildman–Crippen MR) is 114 cm³/mol. The van der Waals surface area contributed by atoms with Gasteiger partial charge in [0.2, 0.25) is 0 Å². The number of rotatable bonds is 5. The number of methoxy groups -OCH3 is 1. The van der Waals surface area contributed by atoms with E-state index in [0.29, 0.717) is 35.1 Å². The Kier molecular flexibility index (Phi) is 5.65. The van der Waals surface area contributed by atoms with Gasteiger partial charge in [-0.2, -0.15) is 0 Å². The summed E-state index contributed by atoms with van der Waals surface area (Å²) < 4.78 is 11.1. The summed E-state index contributed by atoms with van der Waals surface area (Å²) in [7, 11) is 1.51. The lowest BCUT2D eigenvalue weighted by Gasteiger charge is -2.28. The number of urea groups is 1. The Morgan fingerprint density at radius 3 is 2.77 bits per heavy atom. The van der Waals surface area contributed by atoms with Crippen molar-refractivity contribution in [2.24, 2.45) is 0 Å². The van der Waals surface area contributed by atoms with Crippen molar-refractivity contribution in [1.82, 2.24) is 14.9 Å².